The van der Waals surface area contributed by atoms with Crippen molar-refractivity contribution in [2.45, 2.75) is 0 Å². The molecule has 2 aromatic rings. The first kappa shape index (κ1) is 13.9. The van der Waals surface area contributed by atoms with E-state index in [1.54, 1.807) is 30.3 Å². The van der Waals surface area contributed by atoms with E-state index in [1.807, 2.05) is 6.07 Å². The van der Waals surface area contributed by atoms with Gasteiger partial charge in [-0.05, 0) is 36.4 Å². The quantitative estimate of drug-likeness (QED) is 0.802. The molecule has 0 atom stereocenters. The maximum Gasteiger partial charge on any atom is 0.169 e. The molecule has 2 rings (SSSR count). The highest BCUT2D eigenvalue weighted by Crippen LogP contribution is 2.35. The van der Waals surface area contributed by atoms with Gasteiger partial charge in [0.25, 0.3) is 0 Å². The maximum absolute atomic E-state index is 10.7. The minimum absolute atomic E-state index is 0.325. The Hall–Kier alpha value is -2.51. The largest absolute Gasteiger partial charge is 0.493 e. The summed E-state index contributed by atoms with van der Waals surface area (Å²) in [7, 11) is 1.48. The second-order valence-electron chi connectivity index (χ2n) is 3.89. The van der Waals surface area contributed by atoms with E-state index >= 15 is 0 Å². The van der Waals surface area contributed by atoms with E-state index in [4.69, 9.17) is 26.3 Å². The van der Waals surface area contributed by atoms with Crippen molar-refractivity contribution in [2.75, 3.05) is 7.11 Å². The SMILES string of the molecule is COc1cc(C=O)ccc1Oc1ccc(C#N)cc1Cl. The monoisotopic (exact) mass is 287 g/mol. The highest BCUT2D eigenvalue weighted by molar-refractivity contribution is 6.32. The molecule has 0 aliphatic rings. The van der Waals surface area contributed by atoms with Gasteiger partial charge in [0.05, 0.1) is 23.8 Å². The first-order chi connectivity index (χ1) is 9.67. The van der Waals surface area contributed by atoms with Gasteiger partial charge in [-0.25, -0.2) is 0 Å². The minimum atomic E-state index is 0.325. The average Bonchev–Trinajstić information content (AvgIpc) is 2.49. The van der Waals surface area contributed by atoms with Crippen LogP contribution in [0, 0.1) is 11.3 Å². The number of methoxy groups -OCH3 is 1. The molecular formula is C15H10ClNO3. The molecule has 4 nitrogen and oxygen atoms in total. The van der Waals surface area contributed by atoms with Gasteiger partial charge in [-0.2, -0.15) is 5.26 Å². The Morgan fingerprint density at radius 1 is 1.15 bits per heavy atom. The summed E-state index contributed by atoms with van der Waals surface area (Å²) in [5, 5.41) is 9.10. The summed E-state index contributed by atoms with van der Waals surface area (Å²) in [5.74, 6) is 1.27. The Morgan fingerprint density at radius 2 is 1.90 bits per heavy atom. The first-order valence-electron chi connectivity index (χ1n) is 5.68. The number of hydrogen-bond donors (Lipinski definition) is 0. The third-order valence-electron chi connectivity index (χ3n) is 2.60. The van der Waals surface area contributed by atoms with Crippen LogP contribution >= 0.6 is 11.6 Å². The zero-order valence-electron chi connectivity index (χ0n) is 10.6. The smallest absolute Gasteiger partial charge is 0.169 e. The molecular weight excluding hydrogens is 278 g/mol. The minimum Gasteiger partial charge on any atom is -0.493 e. The molecule has 0 saturated carbocycles. The van der Waals surface area contributed by atoms with Crippen LogP contribution in [0.2, 0.25) is 5.02 Å². The highest BCUT2D eigenvalue weighted by Gasteiger charge is 2.09. The molecule has 0 saturated heterocycles. The van der Waals surface area contributed by atoms with Crippen molar-refractivity contribution in [3.8, 4) is 23.3 Å². The molecule has 0 spiro atoms. The number of carbonyl (C=O) groups is 1. The summed E-state index contributed by atoms with van der Waals surface area (Å²) in [5.41, 5.74) is 0.936. The van der Waals surface area contributed by atoms with Gasteiger partial charge in [0.15, 0.2) is 11.5 Å². The zero-order chi connectivity index (χ0) is 14.5. The van der Waals surface area contributed by atoms with Crippen LogP contribution in [0.15, 0.2) is 36.4 Å². The summed E-state index contributed by atoms with van der Waals surface area (Å²) in [6.07, 6.45) is 0.723. The summed E-state index contributed by atoms with van der Waals surface area (Å²) in [6.45, 7) is 0. The fourth-order valence-corrected chi connectivity index (χ4v) is 1.83. The van der Waals surface area contributed by atoms with E-state index in [0.717, 1.165) is 6.29 Å². The fraction of sp³-hybridized carbons (Fsp3) is 0.0667. The Bertz CT molecular complexity index is 692. The van der Waals surface area contributed by atoms with Gasteiger partial charge in [-0.15, -0.1) is 0 Å². The van der Waals surface area contributed by atoms with E-state index in [9.17, 15) is 4.79 Å². The predicted molar refractivity (Wildman–Crippen MR) is 74.6 cm³/mol. The molecule has 0 unspecified atom stereocenters. The lowest BCUT2D eigenvalue weighted by Gasteiger charge is -2.11. The van der Waals surface area contributed by atoms with E-state index in [1.165, 1.54) is 13.2 Å². The van der Waals surface area contributed by atoms with Crippen LogP contribution in [0.3, 0.4) is 0 Å². The lowest BCUT2D eigenvalue weighted by molar-refractivity contribution is 0.112. The number of ether oxygens (including phenoxy) is 2. The molecule has 0 N–H and O–H groups in total. The van der Waals surface area contributed by atoms with Crippen molar-refractivity contribution in [2.24, 2.45) is 0 Å². The standard InChI is InChI=1S/C15H10ClNO3/c1-19-15-7-11(9-18)3-5-14(15)20-13-4-2-10(8-17)6-12(13)16/h2-7,9H,1H3. The number of benzene rings is 2. The number of hydrogen-bond acceptors (Lipinski definition) is 4. The van der Waals surface area contributed by atoms with Gasteiger partial charge in [-0.3, -0.25) is 4.79 Å². The molecule has 100 valence electrons. The summed E-state index contributed by atoms with van der Waals surface area (Å²) in [6, 6.07) is 11.5. The van der Waals surface area contributed by atoms with Crippen LogP contribution in [0.1, 0.15) is 15.9 Å². The molecule has 5 heteroatoms. The number of halogens is 1. The number of rotatable bonds is 4. The molecule has 0 aliphatic carbocycles. The van der Waals surface area contributed by atoms with E-state index in [0.29, 0.717) is 33.4 Å². The average molecular weight is 288 g/mol. The molecule has 0 fully saturated rings. The van der Waals surface area contributed by atoms with Gasteiger partial charge in [-0.1, -0.05) is 11.6 Å². The van der Waals surface area contributed by atoms with Crippen molar-refractivity contribution in [1.82, 2.24) is 0 Å². The van der Waals surface area contributed by atoms with Crippen LogP contribution < -0.4 is 9.47 Å². The Kier molecular flexibility index (Phi) is 4.24. The number of carbonyl (C=O) groups excluding carboxylic acids is 1. The van der Waals surface area contributed by atoms with Crippen molar-refractivity contribution < 1.29 is 14.3 Å². The lowest BCUT2D eigenvalue weighted by atomic mass is 10.2. The second kappa shape index (κ2) is 6.09. The highest BCUT2D eigenvalue weighted by atomic mass is 35.5. The third-order valence-corrected chi connectivity index (χ3v) is 2.90. The molecule has 2 aromatic carbocycles. The number of aldehydes is 1. The van der Waals surface area contributed by atoms with Crippen LogP contribution in [0.25, 0.3) is 0 Å². The van der Waals surface area contributed by atoms with Crippen molar-refractivity contribution in [3.05, 3.63) is 52.5 Å². The molecule has 0 aromatic heterocycles. The fourth-order valence-electron chi connectivity index (χ4n) is 1.61. The van der Waals surface area contributed by atoms with E-state index < -0.39 is 0 Å². The number of nitrogens with zero attached hydrogens (tertiary/aromatic N) is 1. The van der Waals surface area contributed by atoms with Gasteiger partial charge in [0.2, 0.25) is 0 Å². The van der Waals surface area contributed by atoms with Gasteiger partial charge in [0.1, 0.15) is 12.0 Å². The Morgan fingerprint density at radius 3 is 2.50 bits per heavy atom. The van der Waals surface area contributed by atoms with Crippen molar-refractivity contribution in [1.29, 1.82) is 5.26 Å². The zero-order valence-corrected chi connectivity index (χ0v) is 11.3. The summed E-state index contributed by atoms with van der Waals surface area (Å²) >= 11 is 6.04. The van der Waals surface area contributed by atoms with Crippen LogP contribution in [-0.4, -0.2) is 13.4 Å². The van der Waals surface area contributed by atoms with Gasteiger partial charge in [0, 0.05) is 5.56 Å². The molecule has 0 radical (unpaired) electrons. The Balaban J connectivity index is 2.35. The number of nitriles is 1. The summed E-state index contributed by atoms with van der Waals surface area (Å²) in [4.78, 5) is 10.7. The normalized spacial score (nSPS) is 9.65. The van der Waals surface area contributed by atoms with Gasteiger partial charge < -0.3 is 9.47 Å². The summed E-state index contributed by atoms with van der Waals surface area (Å²) < 4.78 is 10.8. The maximum atomic E-state index is 10.7. The van der Waals surface area contributed by atoms with Crippen LogP contribution in [0.5, 0.6) is 17.2 Å². The molecule has 0 amide bonds. The van der Waals surface area contributed by atoms with E-state index in [2.05, 4.69) is 0 Å². The predicted octanol–water partition coefficient (Wildman–Crippen LogP) is 3.83. The van der Waals surface area contributed by atoms with E-state index in [-0.39, 0.29) is 0 Å². The van der Waals surface area contributed by atoms with Gasteiger partial charge >= 0.3 is 0 Å². The van der Waals surface area contributed by atoms with Crippen molar-refractivity contribution >= 4 is 17.9 Å². The van der Waals surface area contributed by atoms with Crippen LogP contribution in [-0.2, 0) is 0 Å². The first-order valence-corrected chi connectivity index (χ1v) is 6.06. The lowest BCUT2D eigenvalue weighted by Crippen LogP contribution is -1.93. The third kappa shape index (κ3) is 2.90. The Labute approximate surface area is 121 Å². The van der Waals surface area contributed by atoms with Crippen molar-refractivity contribution in [3.63, 3.8) is 0 Å². The topological polar surface area (TPSA) is 59.3 Å². The molecule has 20 heavy (non-hydrogen) atoms. The second-order valence-corrected chi connectivity index (χ2v) is 4.29. The molecule has 0 heterocycles. The molecule has 0 bridgehead atoms. The molecule has 0 aliphatic heterocycles. The van der Waals surface area contributed by atoms with Crippen LogP contribution in [0.4, 0.5) is 0 Å².